The molecule has 2 rings (SSSR count). The predicted octanol–water partition coefficient (Wildman–Crippen LogP) is -2.55. The van der Waals surface area contributed by atoms with Gasteiger partial charge >= 0.3 is 0 Å². The number of amides is 3. The molecule has 13 nitrogen and oxygen atoms in total. The van der Waals surface area contributed by atoms with E-state index in [9.17, 15) is 39.2 Å². The highest BCUT2D eigenvalue weighted by Gasteiger charge is 2.43. The van der Waals surface area contributed by atoms with E-state index < -0.39 is 72.6 Å². The number of aliphatic hydroxyl groups is 4. The standard InChI is InChI=1S/C22H31FN4O9S/c1-24-21(34)14(9-25-17(30)11-35-26-8-12-2-4-13(23)5-3-12)27-16(29)6-7-37-22-20(33)19(32)18(31)15(10-28)36-22/h2-5,8,14-15,18-20,22,28,31-33H,6-7,9-11H2,1H3,(H,24,34)(H,25,30)(H,27,29)/b26-8-. The molecule has 206 valence electrons. The maximum atomic E-state index is 12.9. The van der Waals surface area contributed by atoms with E-state index in [-0.39, 0.29) is 18.7 Å². The minimum atomic E-state index is -1.52. The fraction of sp³-hybridized carbons (Fsp3) is 0.545. The van der Waals surface area contributed by atoms with Crippen LogP contribution in [0.5, 0.6) is 0 Å². The number of thioether (sulfide) groups is 1. The van der Waals surface area contributed by atoms with Gasteiger partial charge in [0.2, 0.25) is 11.8 Å². The third-order valence-corrected chi connectivity index (χ3v) is 6.36. The lowest BCUT2D eigenvalue weighted by molar-refractivity contribution is -0.205. The quantitative estimate of drug-likeness (QED) is 0.102. The molecule has 0 bridgehead atoms. The van der Waals surface area contributed by atoms with Gasteiger partial charge < -0.3 is 46.0 Å². The summed E-state index contributed by atoms with van der Waals surface area (Å²) < 4.78 is 18.2. The Kier molecular flexibility index (Phi) is 12.7. The van der Waals surface area contributed by atoms with Crippen molar-refractivity contribution in [1.82, 2.24) is 16.0 Å². The molecule has 0 aromatic heterocycles. The summed E-state index contributed by atoms with van der Waals surface area (Å²) >= 11 is 0.994. The lowest BCUT2D eigenvalue weighted by Gasteiger charge is -2.39. The summed E-state index contributed by atoms with van der Waals surface area (Å²) in [5.74, 6) is -1.95. The van der Waals surface area contributed by atoms with Gasteiger partial charge in [-0.25, -0.2) is 4.39 Å². The number of carbonyl (C=O) groups excluding carboxylic acids is 3. The minimum absolute atomic E-state index is 0.0949. The van der Waals surface area contributed by atoms with Crippen LogP contribution in [0.15, 0.2) is 29.4 Å². The van der Waals surface area contributed by atoms with E-state index in [2.05, 4.69) is 21.1 Å². The third kappa shape index (κ3) is 9.87. The van der Waals surface area contributed by atoms with Crippen LogP contribution < -0.4 is 16.0 Å². The molecule has 7 N–H and O–H groups in total. The molecule has 1 aromatic rings. The maximum Gasteiger partial charge on any atom is 0.260 e. The van der Waals surface area contributed by atoms with Crippen molar-refractivity contribution in [3.05, 3.63) is 35.6 Å². The molecule has 15 heteroatoms. The number of carbonyl (C=O) groups is 3. The molecule has 1 aliphatic rings. The van der Waals surface area contributed by atoms with Crippen molar-refractivity contribution in [1.29, 1.82) is 0 Å². The summed E-state index contributed by atoms with van der Waals surface area (Å²) in [6.07, 6.45) is -4.28. The summed E-state index contributed by atoms with van der Waals surface area (Å²) in [6.45, 7) is -1.25. The van der Waals surface area contributed by atoms with Crippen LogP contribution in [0.4, 0.5) is 4.39 Å². The monoisotopic (exact) mass is 546 g/mol. The zero-order chi connectivity index (χ0) is 27.4. The Morgan fingerprint density at radius 2 is 1.86 bits per heavy atom. The molecule has 6 unspecified atom stereocenters. The van der Waals surface area contributed by atoms with Crippen molar-refractivity contribution in [2.45, 2.75) is 42.3 Å². The van der Waals surface area contributed by atoms with E-state index in [0.29, 0.717) is 5.56 Å². The first-order chi connectivity index (χ1) is 17.7. The normalized spacial score (nSPS) is 24.3. The van der Waals surface area contributed by atoms with Gasteiger partial charge in [0, 0.05) is 25.8 Å². The summed E-state index contributed by atoms with van der Waals surface area (Å²) in [5, 5.41) is 49.8. The van der Waals surface area contributed by atoms with E-state index in [1.54, 1.807) is 0 Å². The van der Waals surface area contributed by atoms with Gasteiger partial charge in [0.05, 0.1) is 12.8 Å². The van der Waals surface area contributed by atoms with Gasteiger partial charge in [0.1, 0.15) is 41.7 Å². The van der Waals surface area contributed by atoms with Crippen molar-refractivity contribution in [3.63, 3.8) is 0 Å². The first kappa shape index (κ1) is 30.4. The van der Waals surface area contributed by atoms with E-state index >= 15 is 0 Å². The maximum absolute atomic E-state index is 12.9. The minimum Gasteiger partial charge on any atom is -0.394 e. The summed E-state index contributed by atoms with van der Waals surface area (Å²) in [7, 11) is 1.37. The van der Waals surface area contributed by atoms with Crippen molar-refractivity contribution in [3.8, 4) is 0 Å². The second-order valence-corrected chi connectivity index (χ2v) is 9.12. The summed E-state index contributed by atoms with van der Waals surface area (Å²) in [5.41, 5.74) is -0.419. The first-order valence-corrected chi connectivity index (χ1v) is 12.3. The molecule has 0 spiro atoms. The summed E-state index contributed by atoms with van der Waals surface area (Å²) in [6, 6.07) is 4.36. The number of nitrogens with zero attached hydrogens (tertiary/aromatic N) is 1. The number of rotatable bonds is 13. The molecule has 0 radical (unpaired) electrons. The van der Waals surface area contributed by atoms with Crippen molar-refractivity contribution in [2.24, 2.45) is 5.16 Å². The van der Waals surface area contributed by atoms with Gasteiger partial charge in [-0.05, 0) is 17.7 Å². The van der Waals surface area contributed by atoms with E-state index in [4.69, 9.17) is 9.57 Å². The van der Waals surface area contributed by atoms with E-state index in [1.807, 2.05) is 0 Å². The Labute approximate surface area is 216 Å². The smallest absolute Gasteiger partial charge is 0.260 e. The Hall–Kier alpha value is -2.82. The van der Waals surface area contributed by atoms with Gasteiger partial charge in [0.25, 0.3) is 5.91 Å². The van der Waals surface area contributed by atoms with Gasteiger partial charge in [0.15, 0.2) is 6.61 Å². The number of nitrogens with one attached hydrogen (secondary N) is 3. The topological polar surface area (TPSA) is 199 Å². The van der Waals surface area contributed by atoms with Crippen LogP contribution in [-0.4, -0.2) is 113 Å². The lowest BCUT2D eigenvalue weighted by atomic mass is 10.0. The van der Waals surface area contributed by atoms with Crippen LogP contribution in [0.3, 0.4) is 0 Å². The van der Waals surface area contributed by atoms with Crippen LogP contribution in [0.1, 0.15) is 12.0 Å². The van der Waals surface area contributed by atoms with Crippen molar-refractivity contribution in [2.75, 3.05) is 32.6 Å². The fourth-order valence-corrected chi connectivity index (χ4v) is 4.25. The predicted molar refractivity (Wildman–Crippen MR) is 130 cm³/mol. The molecule has 1 heterocycles. The van der Waals surface area contributed by atoms with Gasteiger partial charge in [-0.1, -0.05) is 17.3 Å². The highest BCUT2D eigenvalue weighted by molar-refractivity contribution is 7.99. The molecule has 3 amide bonds. The molecule has 37 heavy (non-hydrogen) atoms. The Morgan fingerprint density at radius 1 is 1.16 bits per heavy atom. The Morgan fingerprint density at radius 3 is 2.51 bits per heavy atom. The van der Waals surface area contributed by atoms with Crippen molar-refractivity contribution >= 4 is 35.7 Å². The average molecular weight is 547 g/mol. The number of aliphatic hydroxyl groups excluding tert-OH is 4. The number of ether oxygens (including phenoxy) is 1. The SMILES string of the molecule is CNC(=O)C(CNC(=O)CO/N=C\c1ccc(F)cc1)NC(=O)CCSC1OC(CO)C(O)C(O)C1O. The molecule has 6 atom stereocenters. The van der Waals surface area contributed by atoms with E-state index in [0.717, 1.165) is 11.8 Å². The van der Waals surface area contributed by atoms with Gasteiger partial charge in [-0.3, -0.25) is 14.4 Å². The molecule has 1 fully saturated rings. The average Bonchev–Trinajstić information content (AvgIpc) is 2.89. The van der Waals surface area contributed by atoms with Crippen molar-refractivity contribution < 1.29 is 48.8 Å². The summed E-state index contributed by atoms with van der Waals surface area (Å²) in [4.78, 5) is 41.3. The lowest BCUT2D eigenvalue weighted by Crippen LogP contribution is -2.57. The number of hydrogen-bond acceptors (Lipinski definition) is 11. The number of likely N-dealkylation sites (N-methyl/N-ethyl adjacent to an activating group) is 1. The molecule has 1 saturated heterocycles. The van der Waals surface area contributed by atoms with Crippen LogP contribution >= 0.6 is 11.8 Å². The molecule has 1 aliphatic heterocycles. The van der Waals surface area contributed by atoms with Crippen LogP contribution in [0.2, 0.25) is 0 Å². The molecule has 0 saturated carbocycles. The zero-order valence-electron chi connectivity index (χ0n) is 19.9. The third-order valence-electron chi connectivity index (χ3n) is 5.20. The molecular formula is C22H31FN4O9S. The number of oxime groups is 1. The number of hydrogen-bond donors (Lipinski definition) is 7. The zero-order valence-corrected chi connectivity index (χ0v) is 20.8. The molecule has 1 aromatic carbocycles. The van der Waals surface area contributed by atoms with Crippen LogP contribution in [0, 0.1) is 5.82 Å². The Bertz CT molecular complexity index is 922. The number of benzene rings is 1. The Balaban J connectivity index is 1.74. The van der Waals surface area contributed by atoms with E-state index in [1.165, 1.54) is 37.5 Å². The first-order valence-electron chi connectivity index (χ1n) is 11.3. The van der Waals surface area contributed by atoms with Gasteiger partial charge in [-0.2, -0.15) is 0 Å². The molecule has 0 aliphatic carbocycles. The van der Waals surface area contributed by atoms with Crippen LogP contribution in [-0.2, 0) is 24.0 Å². The molecular weight excluding hydrogens is 515 g/mol. The highest BCUT2D eigenvalue weighted by atomic mass is 32.2. The fourth-order valence-electron chi connectivity index (χ4n) is 3.13. The second-order valence-electron chi connectivity index (χ2n) is 7.92. The van der Waals surface area contributed by atoms with Crippen LogP contribution in [0.25, 0.3) is 0 Å². The van der Waals surface area contributed by atoms with Gasteiger partial charge in [-0.15, -0.1) is 11.8 Å². The number of halogens is 1. The highest BCUT2D eigenvalue weighted by Crippen LogP contribution is 2.28. The largest absolute Gasteiger partial charge is 0.394 e. The second kappa shape index (κ2) is 15.4.